The number of hydrogen-bond donors (Lipinski definition) is 0. The third-order valence-electron chi connectivity index (χ3n) is 1.63. The average Bonchev–Trinajstić information content (AvgIpc) is 2.17. The number of fused-ring (bicyclic) bond motifs is 1. The second kappa shape index (κ2) is 2.70. The van der Waals surface area contributed by atoms with Crippen LogP contribution in [0.1, 0.15) is 10.5 Å². The van der Waals surface area contributed by atoms with Gasteiger partial charge in [-0.05, 0) is 18.2 Å². The molecule has 3 nitrogen and oxygen atoms in total. The van der Waals surface area contributed by atoms with Crippen LogP contribution in [0.4, 0.5) is 0 Å². The molecule has 0 amide bonds. The summed E-state index contributed by atoms with van der Waals surface area (Å²) in [7, 11) is 0. The molecule has 0 saturated heterocycles. The highest BCUT2D eigenvalue weighted by atomic mass is 16.1. The SMILES string of the molecule is O=Cc1ccc2cnccc2n1. The van der Waals surface area contributed by atoms with Crippen LogP contribution in [0.3, 0.4) is 0 Å². The molecule has 0 atom stereocenters. The van der Waals surface area contributed by atoms with Crippen molar-refractivity contribution < 1.29 is 4.79 Å². The lowest BCUT2D eigenvalue weighted by atomic mass is 10.2. The van der Waals surface area contributed by atoms with Crippen molar-refractivity contribution in [3.8, 4) is 0 Å². The van der Waals surface area contributed by atoms with Gasteiger partial charge in [-0.1, -0.05) is 0 Å². The van der Waals surface area contributed by atoms with Gasteiger partial charge in [-0.15, -0.1) is 0 Å². The van der Waals surface area contributed by atoms with E-state index in [2.05, 4.69) is 9.97 Å². The molecule has 0 aliphatic heterocycles. The van der Waals surface area contributed by atoms with Gasteiger partial charge >= 0.3 is 0 Å². The lowest BCUT2D eigenvalue weighted by Gasteiger charge is -1.94. The summed E-state index contributed by atoms with van der Waals surface area (Å²) in [5.41, 5.74) is 1.25. The normalized spacial score (nSPS) is 10.0. The average molecular weight is 158 g/mol. The molecule has 2 aromatic rings. The third-order valence-corrected chi connectivity index (χ3v) is 1.63. The summed E-state index contributed by atoms with van der Waals surface area (Å²) in [5, 5.41) is 0.947. The van der Waals surface area contributed by atoms with Gasteiger partial charge in [0.25, 0.3) is 0 Å². The second-order valence-electron chi connectivity index (χ2n) is 2.42. The van der Waals surface area contributed by atoms with E-state index in [9.17, 15) is 4.79 Å². The summed E-state index contributed by atoms with van der Waals surface area (Å²) in [6.45, 7) is 0. The van der Waals surface area contributed by atoms with Gasteiger partial charge in [-0.2, -0.15) is 0 Å². The van der Waals surface area contributed by atoms with Crippen LogP contribution in [0.2, 0.25) is 0 Å². The summed E-state index contributed by atoms with van der Waals surface area (Å²) < 4.78 is 0. The number of rotatable bonds is 1. The molecule has 0 aliphatic rings. The molecule has 0 N–H and O–H groups in total. The Morgan fingerprint density at radius 3 is 3.00 bits per heavy atom. The maximum Gasteiger partial charge on any atom is 0.168 e. The predicted octanol–water partition coefficient (Wildman–Crippen LogP) is 1.44. The minimum absolute atomic E-state index is 0.453. The van der Waals surface area contributed by atoms with Gasteiger partial charge < -0.3 is 0 Å². The monoisotopic (exact) mass is 158 g/mol. The van der Waals surface area contributed by atoms with Gasteiger partial charge in [0.05, 0.1) is 5.52 Å². The maximum atomic E-state index is 10.4. The summed E-state index contributed by atoms with van der Waals surface area (Å²) in [4.78, 5) is 18.4. The largest absolute Gasteiger partial charge is 0.296 e. The Balaban J connectivity index is 2.75. The van der Waals surface area contributed by atoms with Crippen molar-refractivity contribution in [2.75, 3.05) is 0 Å². The van der Waals surface area contributed by atoms with Crippen LogP contribution in [0.25, 0.3) is 10.9 Å². The molecule has 58 valence electrons. The van der Waals surface area contributed by atoms with E-state index in [1.807, 2.05) is 6.07 Å². The zero-order chi connectivity index (χ0) is 8.39. The minimum Gasteiger partial charge on any atom is -0.296 e. The number of carbonyl (C=O) groups excluding carboxylic acids is 1. The Morgan fingerprint density at radius 2 is 2.17 bits per heavy atom. The molecule has 0 spiro atoms. The first-order valence-electron chi connectivity index (χ1n) is 3.56. The summed E-state index contributed by atoms with van der Waals surface area (Å²) in [6, 6.07) is 5.29. The van der Waals surface area contributed by atoms with Gasteiger partial charge in [-0.3, -0.25) is 9.78 Å². The zero-order valence-electron chi connectivity index (χ0n) is 6.27. The first kappa shape index (κ1) is 6.91. The number of aldehydes is 1. The summed E-state index contributed by atoms with van der Waals surface area (Å²) in [6.07, 6.45) is 4.11. The van der Waals surface area contributed by atoms with E-state index in [1.165, 1.54) is 0 Å². The quantitative estimate of drug-likeness (QED) is 0.590. The summed E-state index contributed by atoms with van der Waals surface area (Å²) in [5.74, 6) is 0. The van der Waals surface area contributed by atoms with Crippen molar-refractivity contribution in [3.63, 3.8) is 0 Å². The molecular formula is C9H6N2O. The van der Waals surface area contributed by atoms with Gasteiger partial charge in [0, 0.05) is 17.8 Å². The highest BCUT2D eigenvalue weighted by Gasteiger charge is 1.94. The van der Waals surface area contributed by atoms with E-state index < -0.39 is 0 Å². The first-order valence-corrected chi connectivity index (χ1v) is 3.56. The molecule has 0 radical (unpaired) electrons. The van der Waals surface area contributed by atoms with Crippen molar-refractivity contribution >= 4 is 17.2 Å². The lowest BCUT2D eigenvalue weighted by molar-refractivity contribution is 0.111. The fourth-order valence-electron chi connectivity index (χ4n) is 1.05. The molecule has 0 unspecified atom stereocenters. The van der Waals surface area contributed by atoms with Crippen molar-refractivity contribution in [2.45, 2.75) is 0 Å². The number of carbonyl (C=O) groups is 1. The molecule has 0 saturated carbocycles. The van der Waals surface area contributed by atoms with Crippen LogP contribution in [0.15, 0.2) is 30.6 Å². The standard InChI is InChI=1S/C9H6N2O/c12-6-8-2-1-7-5-10-4-3-9(7)11-8/h1-6H. The smallest absolute Gasteiger partial charge is 0.168 e. The highest BCUT2D eigenvalue weighted by molar-refractivity contribution is 5.82. The number of nitrogens with zero attached hydrogens (tertiary/aromatic N) is 2. The van der Waals surface area contributed by atoms with E-state index in [1.54, 1.807) is 24.5 Å². The minimum atomic E-state index is 0.453. The Bertz CT molecular complexity index is 426. The number of aromatic nitrogens is 2. The van der Waals surface area contributed by atoms with Crippen LogP contribution >= 0.6 is 0 Å². The van der Waals surface area contributed by atoms with Crippen molar-refractivity contribution in [1.29, 1.82) is 0 Å². The van der Waals surface area contributed by atoms with Crippen molar-refractivity contribution in [3.05, 3.63) is 36.3 Å². The maximum absolute atomic E-state index is 10.4. The Morgan fingerprint density at radius 1 is 1.25 bits per heavy atom. The molecule has 0 bridgehead atoms. The molecule has 0 aliphatic carbocycles. The van der Waals surface area contributed by atoms with Crippen LogP contribution in [0, 0.1) is 0 Å². The number of pyridine rings is 2. The molecule has 0 fully saturated rings. The third kappa shape index (κ3) is 1.05. The Kier molecular flexibility index (Phi) is 1.55. The van der Waals surface area contributed by atoms with Crippen LogP contribution in [0.5, 0.6) is 0 Å². The fourth-order valence-corrected chi connectivity index (χ4v) is 1.05. The Hall–Kier alpha value is -1.77. The van der Waals surface area contributed by atoms with E-state index in [-0.39, 0.29) is 0 Å². The van der Waals surface area contributed by atoms with Crippen molar-refractivity contribution in [2.24, 2.45) is 0 Å². The molecular weight excluding hydrogens is 152 g/mol. The van der Waals surface area contributed by atoms with Crippen LogP contribution < -0.4 is 0 Å². The molecule has 2 heterocycles. The summed E-state index contributed by atoms with van der Waals surface area (Å²) >= 11 is 0. The Labute approximate surface area is 69.1 Å². The van der Waals surface area contributed by atoms with Crippen LogP contribution in [-0.2, 0) is 0 Å². The molecule has 12 heavy (non-hydrogen) atoms. The highest BCUT2D eigenvalue weighted by Crippen LogP contribution is 2.08. The van der Waals surface area contributed by atoms with Gasteiger partial charge in [-0.25, -0.2) is 4.98 Å². The van der Waals surface area contributed by atoms with Gasteiger partial charge in [0.15, 0.2) is 6.29 Å². The molecule has 2 rings (SSSR count). The van der Waals surface area contributed by atoms with E-state index >= 15 is 0 Å². The molecule has 3 heteroatoms. The number of hydrogen-bond acceptors (Lipinski definition) is 3. The van der Waals surface area contributed by atoms with Gasteiger partial charge in [0.2, 0.25) is 0 Å². The first-order chi connectivity index (χ1) is 5.90. The van der Waals surface area contributed by atoms with E-state index in [0.29, 0.717) is 5.69 Å². The van der Waals surface area contributed by atoms with E-state index in [0.717, 1.165) is 17.2 Å². The van der Waals surface area contributed by atoms with E-state index in [4.69, 9.17) is 0 Å². The predicted molar refractivity (Wildman–Crippen MR) is 44.9 cm³/mol. The molecule has 2 aromatic heterocycles. The zero-order valence-corrected chi connectivity index (χ0v) is 6.27. The van der Waals surface area contributed by atoms with Gasteiger partial charge in [0.1, 0.15) is 5.69 Å². The van der Waals surface area contributed by atoms with Crippen LogP contribution in [-0.4, -0.2) is 16.3 Å². The lowest BCUT2D eigenvalue weighted by Crippen LogP contribution is -1.86. The molecule has 0 aromatic carbocycles. The van der Waals surface area contributed by atoms with Crippen molar-refractivity contribution in [1.82, 2.24) is 9.97 Å². The topological polar surface area (TPSA) is 42.9 Å². The second-order valence-corrected chi connectivity index (χ2v) is 2.42. The fraction of sp³-hybridized carbons (Fsp3) is 0.